The van der Waals surface area contributed by atoms with Crippen molar-refractivity contribution in [1.29, 1.82) is 0 Å². The molecule has 112 valence electrons. The summed E-state index contributed by atoms with van der Waals surface area (Å²) in [6, 6.07) is 16.6. The standard InChI is InChI=1S/C16H10N2.2C2H6/c1-2-6-12-11(5-1)13-7-3-9-17-15(13)16-14(12)8-4-10-18-16;2*1-2/h1-10H;2*1-2H3. The first-order valence-corrected chi connectivity index (χ1v) is 7.95. The van der Waals surface area contributed by atoms with Gasteiger partial charge in [-0.05, 0) is 22.9 Å². The maximum Gasteiger partial charge on any atom is 0.0970 e. The molecule has 4 aromatic rings. The van der Waals surface area contributed by atoms with Gasteiger partial charge in [-0.3, -0.25) is 9.97 Å². The first-order valence-electron chi connectivity index (χ1n) is 7.95. The van der Waals surface area contributed by atoms with E-state index in [2.05, 4.69) is 46.4 Å². The fourth-order valence-corrected chi connectivity index (χ4v) is 2.58. The summed E-state index contributed by atoms with van der Waals surface area (Å²) in [7, 11) is 0. The highest BCUT2D eigenvalue weighted by Gasteiger charge is 2.08. The van der Waals surface area contributed by atoms with Crippen LogP contribution in [0.4, 0.5) is 0 Å². The SMILES string of the molecule is CC.CC.c1ccc2c(c1)c1cccnc1c1ncccc21. The zero-order valence-electron chi connectivity index (χ0n) is 13.7. The molecule has 0 unspecified atom stereocenters. The van der Waals surface area contributed by atoms with Gasteiger partial charge in [0, 0.05) is 23.2 Å². The van der Waals surface area contributed by atoms with E-state index in [0.717, 1.165) is 11.0 Å². The van der Waals surface area contributed by atoms with Gasteiger partial charge in [-0.1, -0.05) is 64.1 Å². The summed E-state index contributed by atoms with van der Waals surface area (Å²) in [4.78, 5) is 8.99. The predicted molar refractivity (Wildman–Crippen MR) is 97.2 cm³/mol. The molecule has 0 aliphatic carbocycles. The number of pyridine rings is 2. The highest BCUT2D eigenvalue weighted by molar-refractivity contribution is 6.22. The first kappa shape index (κ1) is 15.9. The lowest BCUT2D eigenvalue weighted by atomic mass is 10.0. The molecule has 2 aromatic heterocycles. The Morgan fingerprint density at radius 3 is 1.27 bits per heavy atom. The van der Waals surface area contributed by atoms with Crippen LogP contribution >= 0.6 is 0 Å². The van der Waals surface area contributed by atoms with Crippen molar-refractivity contribution in [3.05, 3.63) is 60.9 Å². The number of aromatic nitrogens is 2. The molecule has 0 saturated carbocycles. The smallest absolute Gasteiger partial charge is 0.0970 e. The molecule has 2 heteroatoms. The molecule has 2 nitrogen and oxygen atoms in total. The van der Waals surface area contributed by atoms with Crippen molar-refractivity contribution in [2.24, 2.45) is 0 Å². The number of nitrogens with zero attached hydrogens (tertiary/aromatic N) is 2. The molecule has 4 rings (SSSR count). The average Bonchev–Trinajstić information content (AvgIpc) is 2.65. The summed E-state index contributed by atoms with van der Waals surface area (Å²) in [5, 5.41) is 4.81. The van der Waals surface area contributed by atoms with E-state index in [0.29, 0.717) is 0 Å². The third-order valence-corrected chi connectivity index (χ3v) is 3.35. The van der Waals surface area contributed by atoms with E-state index in [4.69, 9.17) is 0 Å². The highest BCUT2D eigenvalue weighted by Crippen LogP contribution is 2.31. The molecule has 0 N–H and O–H groups in total. The van der Waals surface area contributed by atoms with Gasteiger partial charge in [-0.2, -0.15) is 0 Å². The van der Waals surface area contributed by atoms with Crippen LogP contribution in [0, 0.1) is 0 Å². The minimum atomic E-state index is 0.979. The molecular formula is C20H22N2. The summed E-state index contributed by atoms with van der Waals surface area (Å²) in [5.41, 5.74) is 1.96. The van der Waals surface area contributed by atoms with Crippen LogP contribution in [-0.2, 0) is 0 Å². The van der Waals surface area contributed by atoms with Crippen LogP contribution in [0.1, 0.15) is 27.7 Å². The second-order valence-corrected chi connectivity index (χ2v) is 4.34. The lowest BCUT2D eigenvalue weighted by Crippen LogP contribution is -1.87. The van der Waals surface area contributed by atoms with Crippen LogP contribution in [0.5, 0.6) is 0 Å². The summed E-state index contributed by atoms with van der Waals surface area (Å²) in [6.07, 6.45) is 3.65. The van der Waals surface area contributed by atoms with Gasteiger partial charge in [0.05, 0.1) is 11.0 Å². The van der Waals surface area contributed by atoms with Crippen LogP contribution in [0.25, 0.3) is 32.6 Å². The van der Waals surface area contributed by atoms with E-state index in [1.807, 2.05) is 52.2 Å². The van der Waals surface area contributed by atoms with Gasteiger partial charge >= 0.3 is 0 Å². The van der Waals surface area contributed by atoms with E-state index in [1.54, 1.807) is 0 Å². The van der Waals surface area contributed by atoms with Crippen LogP contribution in [0.15, 0.2) is 60.9 Å². The molecule has 0 fully saturated rings. The molecule has 2 heterocycles. The molecule has 0 bridgehead atoms. The molecule has 2 aromatic carbocycles. The van der Waals surface area contributed by atoms with Gasteiger partial charge in [-0.25, -0.2) is 0 Å². The summed E-state index contributed by atoms with van der Waals surface area (Å²) in [5.74, 6) is 0. The van der Waals surface area contributed by atoms with Crippen LogP contribution < -0.4 is 0 Å². The van der Waals surface area contributed by atoms with Crippen molar-refractivity contribution in [3.63, 3.8) is 0 Å². The molecule has 0 aliphatic rings. The van der Waals surface area contributed by atoms with E-state index in [1.165, 1.54) is 21.5 Å². The maximum atomic E-state index is 4.50. The summed E-state index contributed by atoms with van der Waals surface area (Å²) in [6.45, 7) is 8.00. The molecule has 0 saturated heterocycles. The highest BCUT2D eigenvalue weighted by atomic mass is 14.7. The molecule has 0 amide bonds. The van der Waals surface area contributed by atoms with Crippen LogP contribution in [0.2, 0.25) is 0 Å². The van der Waals surface area contributed by atoms with E-state index in [9.17, 15) is 0 Å². The molecular weight excluding hydrogens is 268 g/mol. The van der Waals surface area contributed by atoms with Crippen molar-refractivity contribution >= 4 is 32.6 Å². The molecule has 0 atom stereocenters. The first-order chi connectivity index (χ1) is 10.9. The number of benzene rings is 2. The lowest BCUT2D eigenvalue weighted by Gasteiger charge is -2.07. The Hall–Kier alpha value is -2.48. The Balaban J connectivity index is 0.000000410. The summed E-state index contributed by atoms with van der Waals surface area (Å²) >= 11 is 0. The van der Waals surface area contributed by atoms with Crippen molar-refractivity contribution < 1.29 is 0 Å². The van der Waals surface area contributed by atoms with Gasteiger partial charge in [-0.15, -0.1) is 0 Å². The van der Waals surface area contributed by atoms with E-state index >= 15 is 0 Å². The molecule has 0 aliphatic heterocycles. The third kappa shape index (κ3) is 2.64. The normalized spacial score (nSPS) is 9.82. The van der Waals surface area contributed by atoms with Gasteiger partial charge in [0.25, 0.3) is 0 Å². The topological polar surface area (TPSA) is 25.8 Å². The maximum absolute atomic E-state index is 4.50. The lowest BCUT2D eigenvalue weighted by molar-refractivity contribution is 1.38. The minimum Gasteiger partial charge on any atom is -0.254 e. The second-order valence-electron chi connectivity index (χ2n) is 4.34. The Morgan fingerprint density at radius 2 is 0.864 bits per heavy atom. The second kappa shape index (κ2) is 7.51. The minimum absolute atomic E-state index is 0.979. The van der Waals surface area contributed by atoms with Gasteiger partial charge in [0.1, 0.15) is 0 Å². The summed E-state index contributed by atoms with van der Waals surface area (Å²) < 4.78 is 0. The Kier molecular flexibility index (Phi) is 5.42. The zero-order chi connectivity index (χ0) is 15.9. The molecule has 0 radical (unpaired) electrons. The number of fused-ring (bicyclic) bond motifs is 6. The van der Waals surface area contributed by atoms with Crippen molar-refractivity contribution in [2.75, 3.05) is 0 Å². The third-order valence-electron chi connectivity index (χ3n) is 3.35. The average molecular weight is 290 g/mol. The molecule has 22 heavy (non-hydrogen) atoms. The monoisotopic (exact) mass is 290 g/mol. The largest absolute Gasteiger partial charge is 0.254 e. The Labute approximate surface area is 131 Å². The number of hydrogen-bond donors (Lipinski definition) is 0. The number of hydrogen-bond acceptors (Lipinski definition) is 2. The van der Waals surface area contributed by atoms with Crippen LogP contribution in [0.3, 0.4) is 0 Å². The van der Waals surface area contributed by atoms with Crippen LogP contribution in [-0.4, -0.2) is 9.97 Å². The van der Waals surface area contributed by atoms with Gasteiger partial charge < -0.3 is 0 Å². The van der Waals surface area contributed by atoms with Gasteiger partial charge in [0.2, 0.25) is 0 Å². The van der Waals surface area contributed by atoms with Gasteiger partial charge in [0.15, 0.2) is 0 Å². The Morgan fingerprint density at radius 1 is 0.500 bits per heavy atom. The van der Waals surface area contributed by atoms with Crippen molar-refractivity contribution in [2.45, 2.75) is 27.7 Å². The fourth-order valence-electron chi connectivity index (χ4n) is 2.58. The predicted octanol–water partition coefficient (Wildman–Crippen LogP) is 5.99. The van der Waals surface area contributed by atoms with E-state index in [-0.39, 0.29) is 0 Å². The zero-order valence-corrected chi connectivity index (χ0v) is 13.7. The molecule has 0 spiro atoms. The Bertz CT molecular complexity index is 661. The van der Waals surface area contributed by atoms with E-state index < -0.39 is 0 Å². The van der Waals surface area contributed by atoms with Crippen molar-refractivity contribution in [3.8, 4) is 0 Å². The quantitative estimate of drug-likeness (QED) is 0.372. The number of rotatable bonds is 0. The fraction of sp³-hybridized carbons (Fsp3) is 0.200. The van der Waals surface area contributed by atoms with Crippen molar-refractivity contribution in [1.82, 2.24) is 9.97 Å².